The van der Waals surface area contributed by atoms with Crippen LogP contribution in [0.5, 0.6) is 0 Å². The van der Waals surface area contributed by atoms with Crippen molar-refractivity contribution in [3.8, 4) is 0 Å². The van der Waals surface area contributed by atoms with Gasteiger partial charge in [-0.3, -0.25) is 14.9 Å². The number of nitrogens with one attached hydrogen (secondary N) is 1. The number of halogens is 1. The maximum Gasteiger partial charge on any atom is 0.288 e. The van der Waals surface area contributed by atoms with Gasteiger partial charge in [-0.15, -0.1) is 0 Å². The molecule has 6 heteroatoms. The second kappa shape index (κ2) is 6.68. The molecule has 0 saturated carbocycles. The van der Waals surface area contributed by atoms with E-state index in [0.717, 1.165) is 16.3 Å². The molecule has 0 aliphatic rings. The Labute approximate surface area is 143 Å². The molecule has 0 aliphatic carbocycles. The van der Waals surface area contributed by atoms with Crippen LogP contribution in [0.1, 0.15) is 15.9 Å². The molecule has 3 aromatic carbocycles. The number of nitrogens with zero attached hydrogens (tertiary/aromatic N) is 1. The van der Waals surface area contributed by atoms with E-state index in [2.05, 4.69) is 5.32 Å². The number of hydrogen-bond acceptors (Lipinski definition) is 3. The van der Waals surface area contributed by atoms with Gasteiger partial charge in [0, 0.05) is 18.2 Å². The molecule has 0 bridgehead atoms. The Kier molecular flexibility index (Phi) is 4.44. The van der Waals surface area contributed by atoms with E-state index in [1.54, 1.807) is 0 Å². The van der Waals surface area contributed by atoms with Crippen LogP contribution in [0.4, 0.5) is 5.69 Å². The van der Waals surface area contributed by atoms with Crippen LogP contribution in [0.2, 0.25) is 5.02 Å². The van der Waals surface area contributed by atoms with Gasteiger partial charge in [-0.05, 0) is 34.5 Å². The zero-order valence-electron chi connectivity index (χ0n) is 12.5. The number of nitro groups is 1. The van der Waals surface area contributed by atoms with E-state index in [0.29, 0.717) is 6.54 Å². The minimum Gasteiger partial charge on any atom is -0.348 e. The van der Waals surface area contributed by atoms with Crippen molar-refractivity contribution in [1.82, 2.24) is 5.32 Å². The summed E-state index contributed by atoms with van der Waals surface area (Å²) >= 11 is 5.75. The van der Waals surface area contributed by atoms with Gasteiger partial charge < -0.3 is 5.32 Å². The van der Waals surface area contributed by atoms with Gasteiger partial charge in [0.25, 0.3) is 11.6 Å². The molecule has 0 heterocycles. The summed E-state index contributed by atoms with van der Waals surface area (Å²) in [6, 6.07) is 17.9. The summed E-state index contributed by atoms with van der Waals surface area (Å²) in [7, 11) is 0. The lowest BCUT2D eigenvalue weighted by molar-refractivity contribution is -0.384. The molecule has 0 atom stereocenters. The fourth-order valence-electron chi connectivity index (χ4n) is 2.43. The number of rotatable bonds is 4. The monoisotopic (exact) mass is 340 g/mol. The number of benzene rings is 3. The SMILES string of the molecule is O=C(NCc1ccc2ccccc2c1)c1ccc(Cl)c([N+](=O)[O-])c1. The van der Waals surface area contributed by atoms with E-state index in [4.69, 9.17) is 11.6 Å². The fourth-order valence-corrected chi connectivity index (χ4v) is 2.61. The Balaban J connectivity index is 1.75. The molecule has 0 fully saturated rings. The second-order valence-corrected chi connectivity index (χ2v) is 5.69. The molecular weight excluding hydrogens is 328 g/mol. The van der Waals surface area contributed by atoms with Crippen LogP contribution in [0.3, 0.4) is 0 Å². The lowest BCUT2D eigenvalue weighted by atomic mass is 10.1. The highest BCUT2D eigenvalue weighted by Crippen LogP contribution is 2.25. The minimum absolute atomic E-state index is 0.00563. The summed E-state index contributed by atoms with van der Waals surface area (Å²) in [5.74, 6) is -0.386. The number of carbonyl (C=O) groups excluding carboxylic acids is 1. The summed E-state index contributed by atoms with van der Waals surface area (Å²) in [5.41, 5.74) is 0.868. The largest absolute Gasteiger partial charge is 0.348 e. The van der Waals surface area contributed by atoms with Crippen molar-refractivity contribution in [2.45, 2.75) is 6.54 Å². The van der Waals surface area contributed by atoms with Gasteiger partial charge >= 0.3 is 0 Å². The van der Waals surface area contributed by atoms with Crippen molar-refractivity contribution >= 4 is 34.0 Å². The van der Waals surface area contributed by atoms with Gasteiger partial charge in [-0.25, -0.2) is 0 Å². The van der Waals surface area contributed by atoms with E-state index in [9.17, 15) is 14.9 Å². The predicted octanol–water partition coefficient (Wildman–Crippen LogP) is 4.33. The average Bonchev–Trinajstić information content (AvgIpc) is 2.59. The van der Waals surface area contributed by atoms with Crippen molar-refractivity contribution in [3.05, 3.63) is 86.9 Å². The molecule has 0 aliphatic heterocycles. The maximum absolute atomic E-state index is 12.2. The van der Waals surface area contributed by atoms with Gasteiger partial charge in [0.05, 0.1) is 4.92 Å². The molecule has 0 spiro atoms. The first-order chi connectivity index (χ1) is 11.5. The van der Waals surface area contributed by atoms with Crippen molar-refractivity contribution in [2.75, 3.05) is 0 Å². The summed E-state index contributed by atoms with van der Waals surface area (Å²) in [6.45, 7) is 0.333. The molecular formula is C18H13ClN2O3. The van der Waals surface area contributed by atoms with Crippen LogP contribution in [-0.4, -0.2) is 10.8 Å². The van der Waals surface area contributed by atoms with E-state index < -0.39 is 4.92 Å². The zero-order chi connectivity index (χ0) is 17.1. The average molecular weight is 341 g/mol. The predicted molar refractivity (Wildman–Crippen MR) is 93.2 cm³/mol. The van der Waals surface area contributed by atoms with Crippen molar-refractivity contribution in [2.24, 2.45) is 0 Å². The molecule has 0 saturated heterocycles. The van der Waals surface area contributed by atoms with Crippen molar-refractivity contribution < 1.29 is 9.72 Å². The summed E-state index contributed by atoms with van der Waals surface area (Å²) in [6.07, 6.45) is 0. The van der Waals surface area contributed by atoms with E-state index in [1.807, 2.05) is 42.5 Å². The third-order valence-electron chi connectivity index (χ3n) is 3.67. The molecule has 0 aromatic heterocycles. The topological polar surface area (TPSA) is 72.2 Å². The molecule has 3 aromatic rings. The van der Waals surface area contributed by atoms with Gasteiger partial charge in [0.2, 0.25) is 0 Å². The maximum atomic E-state index is 12.2. The first-order valence-corrected chi connectivity index (χ1v) is 7.62. The van der Waals surface area contributed by atoms with Crippen LogP contribution in [0.25, 0.3) is 10.8 Å². The third kappa shape index (κ3) is 3.36. The normalized spacial score (nSPS) is 10.5. The molecule has 0 radical (unpaired) electrons. The standard InChI is InChI=1S/C18H13ClN2O3/c19-16-8-7-15(10-17(16)21(23)24)18(22)20-11-12-5-6-13-3-1-2-4-14(13)9-12/h1-10H,11H2,(H,20,22). The number of hydrogen-bond donors (Lipinski definition) is 1. The summed E-state index contributed by atoms with van der Waals surface area (Å²) < 4.78 is 0. The second-order valence-electron chi connectivity index (χ2n) is 5.29. The van der Waals surface area contributed by atoms with Gasteiger partial charge in [0.1, 0.15) is 5.02 Å². The fraction of sp³-hybridized carbons (Fsp3) is 0.0556. The van der Waals surface area contributed by atoms with Gasteiger partial charge in [-0.1, -0.05) is 48.0 Å². The van der Waals surface area contributed by atoms with Gasteiger partial charge in [-0.2, -0.15) is 0 Å². The molecule has 3 rings (SSSR count). The number of carbonyl (C=O) groups is 1. The Morgan fingerprint density at radius 1 is 1.04 bits per heavy atom. The Morgan fingerprint density at radius 3 is 2.54 bits per heavy atom. The molecule has 120 valence electrons. The smallest absolute Gasteiger partial charge is 0.288 e. The quantitative estimate of drug-likeness (QED) is 0.567. The summed E-state index contributed by atoms with van der Waals surface area (Å²) in [5, 5.41) is 15.9. The van der Waals surface area contributed by atoms with Crippen molar-refractivity contribution in [3.63, 3.8) is 0 Å². The van der Waals surface area contributed by atoms with Gasteiger partial charge in [0.15, 0.2) is 0 Å². The van der Waals surface area contributed by atoms with Crippen LogP contribution < -0.4 is 5.32 Å². The van der Waals surface area contributed by atoms with Crippen LogP contribution in [0.15, 0.2) is 60.7 Å². The number of amides is 1. The molecule has 24 heavy (non-hydrogen) atoms. The molecule has 0 unspecified atom stereocenters. The number of nitro benzene ring substituents is 1. The lowest BCUT2D eigenvalue weighted by Crippen LogP contribution is -2.22. The lowest BCUT2D eigenvalue weighted by Gasteiger charge is -2.07. The molecule has 5 nitrogen and oxygen atoms in total. The Morgan fingerprint density at radius 2 is 1.79 bits per heavy atom. The minimum atomic E-state index is -0.609. The summed E-state index contributed by atoms with van der Waals surface area (Å²) in [4.78, 5) is 22.5. The molecule has 1 amide bonds. The van der Waals surface area contributed by atoms with Crippen LogP contribution in [0, 0.1) is 10.1 Å². The highest BCUT2D eigenvalue weighted by atomic mass is 35.5. The van der Waals surface area contributed by atoms with E-state index in [1.165, 1.54) is 18.2 Å². The molecule has 1 N–H and O–H groups in total. The van der Waals surface area contributed by atoms with Crippen LogP contribution in [-0.2, 0) is 6.54 Å². The first kappa shape index (κ1) is 16.0. The van der Waals surface area contributed by atoms with E-state index >= 15 is 0 Å². The Hall–Kier alpha value is -2.92. The first-order valence-electron chi connectivity index (χ1n) is 7.24. The third-order valence-corrected chi connectivity index (χ3v) is 3.99. The zero-order valence-corrected chi connectivity index (χ0v) is 13.3. The highest BCUT2D eigenvalue weighted by molar-refractivity contribution is 6.32. The number of fused-ring (bicyclic) bond motifs is 1. The highest BCUT2D eigenvalue weighted by Gasteiger charge is 2.16. The van der Waals surface area contributed by atoms with E-state index in [-0.39, 0.29) is 22.2 Å². The van der Waals surface area contributed by atoms with Crippen molar-refractivity contribution in [1.29, 1.82) is 0 Å². The Bertz CT molecular complexity index is 940. The van der Waals surface area contributed by atoms with Crippen LogP contribution >= 0.6 is 11.6 Å².